The molecule has 2 aliphatic heterocycles. The molecule has 2 fully saturated rings. The molecule has 2 aromatic carbocycles. The Morgan fingerprint density at radius 3 is 2.18 bits per heavy atom. The summed E-state index contributed by atoms with van der Waals surface area (Å²) in [6.45, 7) is 2.56. The molecule has 4 rings (SSSR count). The van der Waals surface area contributed by atoms with Crippen molar-refractivity contribution in [1.82, 2.24) is 15.1 Å². The van der Waals surface area contributed by atoms with E-state index >= 15 is 0 Å². The molecule has 1 atom stereocenters. The number of hydrogen-bond donors (Lipinski definition) is 1. The van der Waals surface area contributed by atoms with Crippen LogP contribution in [0.25, 0.3) is 0 Å². The highest BCUT2D eigenvalue weighted by Crippen LogP contribution is 2.34. The summed E-state index contributed by atoms with van der Waals surface area (Å²) in [5.41, 5.74) is 1.21. The van der Waals surface area contributed by atoms with Gasteiger partial charge < -0.3 is 10.2 Å². The molecule has 4 amide bonds. The predicted molar refractivity (Wildman–Crippen MR) is 105 cm³/mol. The third-order valence-electron chi connectivity index (χ3n) is 5.11. The molecule has 0 saturated carbocycles. The van der Waals surface area contributed by atoms with Crippen LogP contribution in [-0.2, 0) is 9.59 Å². The average molecular weight is 378 g/mol. The van der Waals surface area contributed by atoms with Gasteiger partial charge in [-0.25, -0.2) is 9.69 Å². The van der Waals surface area contributed by atoms with Crippen LogP contribution in [0.15, 0.2) is 60.7 Å². The van der Waals surface area contributed by atoms with E-state index in [2.05, 4.69) is 5.32 Å². The lowest BCUT2D eigenvalue weighted by Gasteiger charge is -2.30. The number of nitrogens with one attached hydrogen (secondary N) is 1. The van der Waals surface area contributed by atoms with Crippen LogP contribution in [0.3, 0.4) is 0 Å². The van der Waals surface area contributed by atoms with Gasteiger partial charge in [0, 0.05) is 26.2 Å². The number of urea groups is 1. The highest BCUT2D eigenvalue weighted by Gasteiger charge is 2.47. The predicted octanol–water partition coefficient (Wildman–Crippen LogP) is 1.63. The van der Waals surface area contributed by atoms with Crippen LogP contribution in [0.5, 0.6) is 0 Å². The molecule has 0 bridgehead atoms. The first-order valence-corrected chi connectivity index (χ1v) is 9.40. The second-order valence-electron chi connectivity index (χ2n) is 6.86. The van der Waals surface area contributed by atoms with Gasteiger partial charge in [-0.1, -0.05) is 48.5 Å². The van der Waals surface area contributed by atoms with E-state index in [4.69, 9.17) is 0 Å². The number of amides is 4. The van der Waals surface area contributed by atoms with Crippen molar-refractivity contribution >= 4 is 23.5 Å². The summed E-state index contributed by atoms with van der Waals surface area (Å²) in [5, 5.41) is 3.21. The number of benzene rings is 2. The Labute approximate surface area is 163 Å². The number of piperazine rings is 1. The van der Waals surface area contributed by atoms with Crippen molar-refractivity contribution in [1.29, 1.82) is 0 Å². The van der Waals surface area contributed by atoms with Crippen LogP contribution in [0, 0.1) is 0 Å². The van der Waals surface area contributed by atoms with Crippen molar-refractivity contribution in [3.8, 4) is 0 Å². The number of rotatable bonds is 4. The van der Waals surface area contributed by atoms with E-state index in [0.717, 1.165) is 13.1 Å². The Balaban J connectivity index is 1.65. The Kier molecular flexibility index (Phi) is 5.08. The molecule has 1 N–H and O–H groups in total. The fourth-order valence-electron chi connectivity index (χ4n) is 3.68. The number of carbonyl (C=O) groups excluding carboxylic acids is 3. The molecular formula is C21H22N4O3. The molecular weight excluding hydrogens is 356 g/mol. The maximum atomic E-state index is 13.2. The number of imide groups is 1. The molecule has 144 valence electrons. The normalized spacial score (nSPS) is 20.0. The molecule has 0 aromatic heterocycles. The summed E-state index contributed by atoms with van der Waals surface area (Å²) >= 11 is 0. The van der Waals surface area contributed by atoms with Crippen LogP contribution in [0.2, 0.25) is 0 Å². The summed E-state index contributed by atoms with van der Waals surface area (Å²) in [6, 6.07) is 16.7. The monoisotopic (exact) mass is 378 g/mol. The van der Waals surface area contributed by atoms with Crippen molar-refractivity contribution < 1.29 is 14.4 Å². The van der Waals surface area contributed by atoms with Crippen molar-refractivity contribution in [3.05, 3.63) is 66.2 Å². The molecule has 7 heteroatoms. The Hall–Kier alpha value is -3.19. The van der Waals surface area contributed by atoms with Gasteiger partial charge in [-0.05, 0) is 17.7 Å². The summed E-state index contributed by atoms with van der Waals surface area (Å²) in [7, 11) is 0. The van der Waals surface area contributed by atoms with Crippen LogP contribution in [0.4, 0.5) is 10.5 Å². The summed E-state index contributed by atoms with van der Waals surface area (Å²) < 4.78 is 0. The summed E-state index contributed by atoms with van der Waals surface area (Å²) in [4.78, 5) is 43.5. The zero-order valence-corrected chi connectivity index (χ0v) is 15.5. The lowest BCUT2D eigenvalue weighted by Crippen LogP contribution is -2.50. The van der Waals surface area contributed by atoms with E-state index in [1.54, 1.807) is 29.2 Å². The Bertz CT molecular complexity index is 866. The van der Waals surface area contributed by atoms with Gasteiger partial charge in [0.1, 0.15) is 12.6 Å². The smallest absolute Gasteiger partial charge is 0.332 e. The number of anilines is 1. The van der Waals surface area contributed by atoms with Crippen LogP contribution < -0.4 is 10.2 Å². The number of nitrogens with zero attached hydrogens (tertiary/aromatic N) is 3. The molecule has 0 radical (unpaired) electrons. The molecule has 0 spiro atoms. The summed E-state index contributed by atoms with van der Waals surface area (Å²) in [6.07, 6.45) is 0. The largest absolute Gasteiger partial charge is 0.339 e. The maximum Gasteiger partial charge on any atom is 0.332 e. The number of para-hydroxylation sites is 1. The first-order valence-electron chi connectivity index (χ1n) is 9.40. The van der Waals surface area contributed by atoms with Gasteiger partial charge in [-0.3, -0.25) is 14.5 Å². The van der Waals surface area contributed by atoms with E-state index in [0.29, 0.717) is 24.3 Å². The zero-order valence-electron chi connectivity index (χ0n) is 15.5. The lowest BCUT2D eigenvalue weighted by atomic mass is 10.1. The topological polar surface area (TPSA) is 73.0 Å². The minimum atomic E-state index is -0.805. The van der Waals surface area contributed by atoms with Gasteiger partial charge >= 0.3 is 6.03 Å². The molecule has 2 heterocycles. The standard InChI is InChI=1S/C21H22N4O3/c26-18(23-13-11-22-12-14-23)15-24-19(16-7-3-1-4-8-16)20(27)25(21(24)28)17-9-5-2-6-10-17/h1-10,19,22H,11-15H2. The van der Waals surface area contributed by atoms with Gasteiger partial charge in [-0.2, -0.15) is 0 Å². The van der Waals surface area contributed by atoms with E-state index in [1.165, 1.54) is 9.80 Å². The molecule has 2 aliphatic rings. The second-order valence-corrected chi connectivity index (χ2v) is 6.86. The maximum absolute atomic E-state index is 13.2. The quantitative estimate of drug-likeness (QED) is 0.821. The third-order valence-corrected chi connectivity index (χ3v) is 5.11. The first kappa shape index (κ1) is 18.2. The number of carbonyl (C=O) groups is 3. The molecule has 0 aliphatic carbocycles. The van der Waals surface area contributed by atoms with E-state index in [9.17, 15) is 14.4 Å². The van der Waals surface area contributed by atoms with Crippen molar-refractivity contribution in [2.45, 2.75) is 6.04 Å². The van der Waals surface area contributed by atoms with Crippen LogP contribution in [0.1, 0.15) is 11.6 Å². The van der Waals surface area contributed by atoms with Gasteiger partial charge in [0.15, 0.2) is 0 Å². The fourth-order valence-corrected chi connectivity index (χ4v) is 3.68. The average Bonchev–Trinajstić information content (AvgIpc) is 2.99. The first-order chi connectivity index (χ1) is 13.7. The molecule has 2 saturated heterocycles. The van der Waals surface area contributed by atoms with Crippen LogP contribution >= 0.6 is 0 Å². The van der Waals surface area contributed by atoms with E-state index < -0.39 is 12.1 Å². The van der Waals surface area contributed by atoms with Gasteiger partial charge in [-0.15, -0.1) is 0 Å². The van der Waals surface area contributed by atoms with Crippen molar-refractivity contribution in [2.75, 3.05) is 37.6 Å². The van der Waals surface area contributed by atoms with Crippen molar-refractivity contribution in [2.24, 2.45) is 0 Å². The molecule has 28 heavy (non-hydrogen) atoms. The SMILES string of the molecule is O=C(CN1C(=O)N(c2ccccc2)C(=O)C1c1ccccc1)N1CCNCC1. The minimum absolute atomic E-state index is 0.118. The summed E-state index contributed by atoms with van der Waals surface area (Å²) in [5.74, 6) is -0.478. The molecule has 2 aromatic rings. The van der Waals surface area contributed by atoms with Gasteiger partial charge in [0.2, 0.25) is 5.91 Å². The number of hydrogen-bond acceptors (Lipinski definition) is 4. The zero-order chi connectivity index (χ0) is 19.5. The van der Waals surface area contributed by atoms with Gasteiger partial charge in [0.25, 0.3) is 5.91 Å². The second kappa shape index (κ2) is 7.82. The highest BCUT2D eigenvalue weighted by molar-refractivity contribution is 6.22. The Morgan fingerprint density at radius 1 is 0.929 bits per heavy atom. The van der Waals surface area contributed by atoms with E-state index in [-0.39, 0.29) is 18.4 Å². The lowest BCUT2D eigenvalue weighted by molar-refractivity contribution is -0.133. The minimum Gasteiger partial charge on any atom is -0.339 e. The molecule has 1 unspecified atom stereocenters. The van der Waals surface area contributed by atoms with Crippen LogP contribution in [-0.4, -0.2) is 60.4 Å². The van der Waals surface area contributed by atoms with E-state index in [1.807, 2.05) is 36.4 Å². The van der Waals surface area contributed by atoms with Gasteiger partial charge in [0.05, 0.1) is 5.69 Å². The van der Waals surface area contributed by atoms with Crippen molar-refractivity contribution in [3.63, 3.8) is 0 Å². The fraction of sp³-hybridized carbons (Fsp3) is 0.286. The third kappa shape index (κ3) is 3.36. The molecule has 7 nitrogen and oxygen atoms in total. The highest BCUT2D eigenvalue weighted by atomic mass is 16.2. The Morgan fingerprint density at radius 2 is 1.54 bits per heavy atom.